The molecule has 0 fully saturated rings. The fourth-order valence-corrected chi connectivity index (χ4v) is 3.11. The molecule has 3 rings (SSSR count). The number of benzene rings is 2. The number of aromatic nitrogens is 1. The van der Waals surface area contributed by atoms with Gasteiger partial charge >= 0.3 is 0 Å². The van der Waals surface area contributed by atoms with Gasteiger partial charge in [-0.3, -0.25) is 4.79 Å². The number of amides is 1. The largest absolute Gasteiger partial charge is 0.441 e. The molecule has 7 heteroatoms. The van der Waals surface area contributed by atoms with Crippen LogP contribution in [0.25, 0.3) is 11.3 Å². The van der Waals surface area contributed by atoms with Crippen molar-refractivity contribution in [2.45, 2.75) is 25.8 Å². The standard InChI is InChI=1S/C20H17Cl2FN2O2/c1-12(13-2-5-15(23)6-3-13)25-19(26)8-9-20-24-11-18(27-20)16-7-4-14(21)10-17(16)22/h2-7,10-12H,8-9H2,1H3,(H,25,26)/t12-/m1/s1. The zero-order valence-corrected chi connectivity index (χ0v) is 16.0. The van der Waals surface area contributed by atoms with E-state index in [1.165, 1.54) is 12.1 Å². The van der Waals surface area contributed by atoms with Crippen LogP contribution in [0.1, 0.15) is 30.8 Å². The van der Waals surface area contributed by atoms with E-state index in [0.29, 0.717) is 33.7 Å². The van der Waals surface area contributed by atoms with Crippen molar-refractivity contribution in [3.8, 4) is 11.3 Å². The Bertz CT molecular complexity index is 941. The molecular weight excluding hydrogens is 390 g/mol. The number of hydrogen-bond acceptors (Lipinski definition) is 3. The normalized spacial score (nSPS) is 12.0. The van der Waals surface area contributed by atoms with Crippen LogP contribution in [0, 0.1) is 5.82 Å². The number of rotatable bonds is 6. The molecule has 1 heterocycles. The highest BCUT2D eigenvalue weighted by molar-refractivity contribution is 6.36. The van der Waals surface area contributed by atoms with Gasteiger partial charge in [0.05, 0.1) is 17.3 Å². The second-order valence-corrected chi connectivity index (χ2v) is 6.93. The first-order chi connectivity index (χ1) is 12.9. The molecular formula is C20H17Cl2FN2O2. The minimum atomic E-state index is -0.308. The molecule has 0 aliphatic rings. The molecule has 0 unspecified atom stereocenters. The molecule has 4 nitrogen and oxygen atoms in total. The van der Waals surface area contributed by atoms with Crippen molar-refractivity contribution >= 4 is 29.1 Å². The topological polar surface area (TPSA) is 55.1 Å². The maximum atomic E-state index is 13.0. The third-order valence-electron chi connectivity index (χ3n) is 4.06. The molecule has 1 atom stereocenters. The molecule has 0 saturated heterocycles. The number of carbonyl (C=O) groups is 1. The summed E-state index contributed by atoms with van der Waals surface area (Å²) in [4.78, 5) is 16.3. The van der Waals surface area contributed by atoms with Crippen molar-refractivity contribution in [3.63, 3.8) is 0 Å². The summed E-state index contributed by atoms with van der Waals surface area (Å²) in [6, 6.07) is 10.9. The minimum Gasteiger partial charge on any atom is -0.441 e. The Morgan fingerprint density at radius 3 is 2.67 bits per heavy atom. The van der Waals surface area contributed by atoms with Crippen LogP contribution in [0.15, 0.2) is 53.1 Å². The molecule has 1 amide bonds. The van der Waals surface area contributed by atoms with Gasteiger partial charge in [-0.25, -0.2) is 9.37 Å². The van der Waals surface area contributed by atoms with Crippen molar-refractivity contribution in [2.24, 2.45) is 0 Å². The maximum Gasteiger partial charge on any atom is 0.220 e. The van der Waals surface area contributed by atoms with E-state index in [-0.39, 0.29) is 24.2 Å². The third-order valence-corrected chi connectivity index (χ3v) is 4.61. The summed E-state index contributed by atoms with van der Waals surface area (Å²) in [5.74, 6) is 0.515. The Hall–Kier alpha value is -2.37. The first-order valence-electron chi connectivity index (χ1n) is 8.37. The Morgan fingerprint density at radius 1 is 1.22 bits per heavy atom. The quantitative estimate of drug-likeness (QED) is 0.579. The van der Waals surface area contributed by atoms with Crippen LogP contribution >= 0.6 is 23.2 Å². The van der Waals surface area contributed by atoms with E-state index < -0.39 is 0 Å². The van der Waals surface area contributed by atoms with E-state index in [1.807, 2.05) is 6.92 Å². The van der Waals surface area contributed by atoms with E-state index in [4.69, 9.17) is 27.6 Å². The van der Waals surface area contributed by atoms with E-state index in [0.717, 1.165) is 5.56 Å². The lowest BCUT2D eigenvalue weighted by atomic mass is 10.1. The van der Waals surface area contributed by atoms with Gasteiger partial charge in [0.15, 0.2) is 11.7 Å². The van der Waals surface area contributed by atoms with Gasteiger partial charge in [0, 0.05) is 23.4 Å². The number of halogens is 3. The Balaban J connectivity index is 1.56. The van der Waals surface area contributed by atoms with Crippen molar-refractivity contribution in [2.75, 3.05) is 0 Å². The van der Waals surface area contributed by atoms with Gasteiger partial charge in [0.2, 0.25) is 5.91 Å². The van der Waals surface area contributed by atoms with Crippen molar-refractivity contribution < 1.29 is 13.6 Å². The maximum absolute atomic E-state index is 13.0. The summed E-state index contributed by atoms with van der Waals surface area (Å²) in [6.45, 7) is 1.84. The highest BCUT2D eigenvalue weighted by Gasteiger charge is 2.13. The van der Waals surface area contributed by atoms with Crippen molar-refractivity contribution in [1.29, 1.82) is 0 Å². The highest BCUT2D eigenvalue weighted by Crippen LogP contribution is 2.30. The van der Waals surface area contributed by atoms with Gasteiger partial charge < -0.3 is 9.73 Å². The lowest BCUT2D eigenvalue weighted by Gasteiger charge is -2.14. The number of nitrogens with one attached hydrogen (secondary N) is 1. The zero-order chi connectivity index (χ0) is 19.4. The minimum absolute atomic E-state index is 0.142. The molecule has 2 aromatic carbocycles. The van der Waals surface area contributed by atoms with E-state index >= 15 is 0 Å². The molecule has 0 bridgehead atoms. The number of nitrogens with zero attached hydrogens (tertiary/aromatic N) is 1. The molecule has 0 spiro atoms. The van der Waals surface area contributed by atoms with Crippen LogP contribution in [0.4, 0.5) is 4.39 Å². The summed E-state index contributed by atoms with van der Waals surface area (Å²) in [5, 5.41) is 3.88. The zero-order valence-electron chi connectivity index (χ0n) is 14.5. The molecule has 0 saturated carbocycles. The lowest BCUT2D eigenvalue weighted by molar-refractivity contribution is -0.121. The Morgan fingerprint density at radius 2 is 1.96 bits per heavy atom. The van der Waals surface area contributed by atoms with Crippen molar-refractivity contribution in [3.05, 3.63) is 76.0 Å². The van der Waals surface area contributed by atoms with E-state index in [9.17, 15) is 9.18 Å². The smallest absolute Gasteiger partial charge is 0.220 e. The predicted octanol–water partition coefficient (Wildman–Crippen LogP) is 5.60. The molecule has 3 aromatic rings. The summed E-state index contributed by atoms with van der Waals surface area (Å²) >= 11 is 12.1. The predicted molar refractivity (Wildman–Crippen MR) is 103 cm³/mol. The Labute approximate surface area is 166 Å². The summed E-state index contributed by atoms with van der Waals surface area (Å²) in [7, 11) is 0. The van der Waals surface area contributed by atoms with Crippen LogP contribution in [0.3, 0.4) is 0 Å². The van der Waals surface area contributed by atoms with Gasteiger partial charge in [-0.2, -0.15) is 0 Å². The summed E-state index contributed by atoms with van der Waals surface area (Å²) in [5.41, 5.74) is 1.52. The van der Waals surface area contributed by atoms with Gasteiger partial charge in [-0.15, -0.1) is 0 Å². The second-order valence-electron chi connectivity index (χ2n) is 6.08. The van der Waals surface area contributed by atoms with Crippen LogP contribution in [-0.4, -0.2) is 10.9 Å². The molecule has 1 N–H and O–H groups in total. The van der Waals surface area contributed by atoms with Crippen LogP contribution in [-0.2, 0) is 11.2 Å². The number of aryl methyl sites for hydroxylation is 1. The monoisotopic (exact) mass is 406 g/mol. The number of oxazole rings is 1. The summed E-state index contributed by atoms with van der Waals surface area (Å²) in [6.07, 6.45) is 2.15. The van der Waals surface area contributed by atoms with Crippen LogP contribution in [0.2, 0.25) is 10.0 Å². The van der Waals surface area contributed by atoms with Crippen LogP contribution in [0.5, 0.6) is 0 Å². The second kappa shape index (κ2) is 8.55. The lowest BCUT2D eigenvalue weighted by Crippen LogP contribution is -2.26. The third kappa shape index (κ3) is 5.08. The number of carbonyl (C=O) groups excluding carboxylic acids is 1. The molecule has 27 heavy (non-hydrogen) atoms. The van der Waals surface area contributed by atoms with Crippen LogP contribution < -0.4 is 5.32 Å². The highest BCUT2D eigenvalue weighted by atomic mass is 35.5. The van der Waals surface area contributed by atoms with Gasteiger partial charge in [0.25, 0.3) is 0 Å². The van der Waals surface area contributed by atoms with Crippen molar-refractivity contribution in [1.82, 2.24) is 10.3 Å². The molecule has 0 aliphatic carbocycles. The fraction of sp³-hybridized carbons (Fsp3) is 0.200. The SMILES string of the molecule is C[C@@H](NC(=O)CCc1ncc(-c2ccc(Cl)cc2Cl)o1)c1ccc(F)cc1. The Kier molecular flexibility index (Phi) is 6.14. The van der Waals surface area contributed by atoms with E-state index in [1.54, 1.807) is 36.5 Å². The molecule has 0 aliphatic heterocycles. The van der Waals surface area contributed by atoms with Gasteiger partial charge in [0.1, 0.15) is 5.82 Å². The number of hydrogen-bond donors (Lipinski definition) is 1. The first-order valence-corrected chi connectivity index (χ1v) is 9.13. The molecule has 1 aromatic heterocycles. The molecule has 140 valence electrons. The van der Waals surface area contributed by atoms with Gasteiger partial charge in [-0.05, 0) is 42.8 Å². The first kappa shape index (κ1) is 19.4. The van der Waals surface area contributed by atoms with Gasteiger partial charge in [-0.1, -0.05) is 35.3 Å². The molecule has 0 radical (unpaired) electrons. The van der Waals surface area contributed by atoms with E-state index in [2.05, 4.69) is 10.3 Å². The fourth-order valence-electron chi connectivity index (χ4n) is 2.61. The average Bonchev–Trinajstić information content (AvgIpc) is 3.09. The average molecular weight is 407 g/mol. The summed E-state index contributed by atoms with van der Waals surface area (Å²) < 4.78 is 18.7.